The van der Waals surface area contributed by atoms with Gasteiger partial charge in [-0.2, -0.15) is 0 Å². The summed E-state index contributed by atoms with van der Waals surface area (Å²) in [6.45, 7) is 4.03. The monoisotopic (exact) mass is 408 g/mol. The van der Waals surface area contributed by atoms with Crippen LogP contribution in [-0.4, -0.2) is 41.9 Å². The molecule has 0 bridgehead atoms. The van der Waals surface area contributed by atoms with Gasteiger partial charge in [0.2, 0.25) is 5.91 Å². The van der Waals surface area contributed by atoms with Crippen molar-refractivity contribution in [3.63, 3.8) is 0 Å². The third kappa shape index (κ3) is 4.53. The maximum absolute atomic E-state index is 13.6. The molecule has 2 heterocycles. The van der Waals surface area contributed by atoms with Crippen LogP contribution in [0.25, 0.3) is 6.08 Å². The first-order valence-electron chi connectivity index (χ1n) is 7.80. The Morgan fingerprint density at radius 1 is 1.17 bits per heavy atom. The third-order valence-electron chi connectivity index (χ3n) is 4.00. The van der Waals surface area contributed by atoms with E-state index in [4.69, 9.17) is 0 Å². The van der Waals surface area contributed by atoms with Crippen molar-refractivity contribution in [3.8, 4) is 0 Å². The summed E-state index contributed by atoms with van der Waals surface area (Å²) in [4.78, 5) is 17.7. The first kappa shape index (κ1) is 17.3. The molecule has 6 heteroatoms. The minimum atomic E-state index is -0.312. The van der Waals surface area contributed by atoms with Crippen LogP contribution in [0.15, 0.2) is 46.3 Å². The number of benzene rings is 1. The zero-order valence-corrected chi connectivity index (χ0v) is 15.5. The Morgan fingerprint density at radius 2 is 1.92 bits per heavy atom. The van der Waals surface area contributed by atoms with Crippen LogP contribution in [0.1, 0.15) is 10.4 Å². The van der Waals surface area contributed by atoms with Gasteiger partial charge in [-0.1, -0.05) is 18.2 Å². The van der Waals surface area contributed by atoms with Crippen LogP contribution in [0.2, 0.25) is 0 Å². The van der Waals surface area contributed by atoms with E-state index in [1.54, 1.807) is 35.6 Å². The predicted octanol–water partition coefficient (Wildman–Crippen LogP) is 4.01. The highest BCUT2D eigenvalue weighted by Crippen LogP contribution is 2.23. The van der Waals surface area contributed by atoms with Gasteiger partial charge in [0.15, 0.2) is 0 Å². The Hall–Kier alpha value is -1.50. The number of rotatable bonds is 4. The van der Waals surface area contributed by atoms with Crippen LogP contribution in [0.3, 0.4) is 0 Å². The van der Waals surface area contributed by atoms with E-state index in [9.17, 15) is 9.18 Å². The van der Waals surface area contributed by atoms with Gasteiger partial charge in [-0.05, 0) is 40.2 Å². The first-order valence-corrected chi connectivity index (χ1v) is 9.41. The van der Waals surface area contributed by atoms with Gasteiger partial charge in [0.25, 0.3) is 0 Å². The van der Waals surface area contributed by atoms with Crippen molar-refractivity contribution >= 4 is 39.2 Å². The molecular formula is C18H18BrFN2OS. The average Bonchev–Trinajstić information content (AvgIpc) is 2.99. The summed E-state index contributed by atoms with van der Waals surface area (Å²) in [5.74, 6) is -0.370. The van der Waals surface area contributed by atoms with Crippen molar-refractivity contribution in [1.29, 1.82) is 0 Å². The Bertz CT molecular complexity index is 738. The van der Waals surface area contributed by atoms with Gasteiger partial charge in [0, 0.05) is 49.2 Å². The van der Waals surface area contributed by atoms with Crippen molar-refractivity contribution < 1.29 is 9.18 Å². The second-order valence-corrected chi connectivity index (χ2v) is 8.21. The molecule has 1 amide bonds. The Labute approximate surface area is 153 Å². The fraction of sp³-hybridized carbons (Fsp3) is 0.278. The lowest BCUT2D eigenvalue weighted by Crippen LogP contribution is -2.47. The molecule has 0 atom stereocenters. The molecule has 1 saturated heterocycles. The van der Waals surface area contributed by atoms with Gasteiger partial charge in [-0.25, -0.2) is 4.39 Å². The number of thiophene rings is 1. The van der Waals surface area contributed by atoms with E-state index in [1.807, 2.05) is 4.90 Å². The van der Waals surface area contributed by atoms with Crippen molar-refractivity contribution in [2.75, 3.05) is 26.2 Å². The molecule has 0 saturated carbocycles. The highest BCUT2D eigenvalue weighted by Gasteiger charge is 2.20. The lowest BCUT2D eigenvalue weighted by Gasteiger charge is -2.34. The van der Waals surface area contributed by atoms with Crippen LogP contribution < -0.4 is 0 Å². The topological polar surface area (TPSA) is 23.6 Å². The largest absolute Gasteiger partial charge is 0.337 e. The number of carbonyl (C=O) groups is 1. The normalized spacial score (nSPS) is 16.0. The van der Waals surface area contributed by atoms with Gasteiger partial charge in [0.05, 0.1) is 3.79 Å². The summed E-state index contributed by atoms with van der Waals surface area (Å²) < 4.78 is 14.7. The lowest BCUT2D eigenvalue weighted by atomic mass is 10.2. The Morgan fingerprint density at radius 3 is 2.58 bits per heavy atom. The summed E-state index contributed by atoms with van der Waals surface area (Å²) in [5.41, 5.74) is 0.438. The predicted molar refractivity (Wildman–Crippen MR) is 99.3 cm³/mol. The minimum Gasteiger partial charge on any atom is -0.337 e. The minimum absolute atomic E-state index is 0.0585. The van der Waals surface area contributed by atoms with Crippen LogP contribution in [0, 0.1) is 5.82 Å². The molecular weight excluding hydrogens is 391 g/mol. The van der Waals surface area contributed by atoms with E-state index in [0.717, 1.165) is 23.4 Å². The maximum atomic E-state index is 13.6. The van der Waals surface area contributed by atoms with Gasteiger partial charge in [0.1, 0.15) is 5.82 Å². The molecule has 3 rings (SSSR count). The molecule has 1 fully saturated rings. The zero-order valence-electron chi connectivity index (χ0n) is 13.1. The number of hydrogen-bond donors (Lipinski definition) is 0. The number of nitrogens with zero attached hydrogens (tertiary/aromatic N) is 2. The molecule has 126 valence electrons. The molecule has 1 aliphatic heterocycles. The zero-order chi connectivity index (χ0) is 16.9. The number of carbonyl (C=O) groups excluding carboxylic acids is 1. The Kier molecular flexibility index (Phi) is 5.81. The van der Waals surface area contributed by atoms with Crippen LogP contribution in [-0.2, 0) is 11.3 Å². The van der Waals surface area contributed by atoms with Crippen LogP contribution in [0.4, 0.5) is 4.39 Å². The highest BCUT2D eigenvalue weighted by atomic mass is 79.9. The standard InChI is InChI=1S/C18H18BrFN2OS/c19-17-7-6-15(24-17)13-21-9-11-22(12-10-21)18(23)8-5-14-3-1-2-4-16(14)20/h1-8H,9-13H2/b8-5+. The molecule has 2 aromatic rings. The van der Waals surface area contributed by atoms with E-state index in [1.165, 1.54) is 17.0 Å². The fourth-order valence-corrected chi connectivity index (χ4v) is 4.19. The van der Waals surface area contributed by atoms with Crippen molar-refractivity contribution in [2.24, 2.45) is 0 Å². The van der Waals surface area contributed by atoms with Crippen LogP contribution in [0.5, 0.6) is 0 Å². The summed E-state index contributed by atoms with van der Waals surface area (Å²) in [6, 6.07) is 10.6. The smallest absolute Gasteiger partial charge is 0.246 e. The van der Waals surface area contributed by atoms with Crippen molar-refractivity contribution in [1.82, 2.24) is 9.80 Å². The molecule has 1 aromatic heterocycles. The molecule has 0 radical (unpaired) electrons. The van der Waals surface area contributed by atoms with Crippen molar-refractivity contribution in [3.05, 3.63) is 62.5 Å². The SMILES string of the molecule is O=C(/C=C/c1ccccc1F)N1CCN(Cc2ccc(Br)s2)CC1. The number of amides is 1. The van der Waals surface area contributed by atoms with Gasteiger partial charge in [-0.3, -0.25) is 9.69 Å². The molecule has 0 N–H and O–H groups in total. The van der Waals surface area contributed by atoms with Gasteiger partial charge >= 0.3 is 0 Å². The second-order valence-electron chi connectivity index (χ2n) is 5.66. The summed E-state index contributed by atoms with van der Waals surface area (Å²) >= 11 is 5.22. The number of hydrogen-bond acceptors (Lipinski definition) is 3. The fourth-order valence-electron chi connectivity index (χ4n) is 2.66. The molecule has 0 unspecified atom stereocenters. The van der Waals surface area contributed by atoms with E-state index >= 15 is 0 Å². The van der Waals surface area contributed by atoms with E-state index in [2.05, 4.69) is 33.0 Å². The molecule has 1 aliphatic rings. The lowest BCUT2D eigenvalue weighted by molar-refractivity contribution is -0.127. The van der Waals surface area contributed by atoms with Gasteiger partial charge < -0.3 is 4.90 Å². The summed E-state index contributed by atoms with van der Waals surface area (Å²) in [7, 11) is 0. The quantitative estimate of drug-likeness (QED) is 0.713. The summed E-state index contributed by atoms with van der Waals surface area (Å²) in [5, 5.41) is 0. The van der Waals surface area contributed by atoms with E-state index in [0.29, 0.717) is 18.7 Å². The second kappa shape index (κ2) is 8.05. The Balaban J connectivity index is 1.51. The molecule has 0 aliphatic carbocycles. The average molecular weight is 409 g/mol. The first-order chi connectivity index (χ1) is 11.6. The highest BCUT2D eigenvalue weighted by molar-refractivity contribution is 9.11. The third-order valence-corrected chi connectivity index (χ3v) is 5.61. The van der Waals surface area contributed by atoms with E-state index < -0.39 is 0 Å². The number of halogens is 2. The molecule has 24 heavy (non-hydrogen) atoms. The molecule has 3 nitrogen and oxygen atoms in total. The van der Waals surface area contributed by atoms with Crippen molar-refractivity contribution in [2.45, 2.75) is 6.54 Å². The van der Waals surface area contributed by atoms with E-state index in [-0.39, 0.29) is 11.7 Å². The van der Waals surface area contributed by atoms with Crippen LogP contribution >= 0.6 is 27.3 Å². The number of piperazine rings is 1. The summed E-state index contributed by atoms with van der Waals surface area (Å²) in [6.07, 6.45) is 3.01. The van der Waals surface area contributed by atoms with Gasteiger partial charge in [-0.15, -0.1) is 11.3 Å². The molecule has 1 aromatic carbocycles. The molecule has 0 spiro atoms. The maximum Gasteiger partial charge on any atom is 0.246 e.